The summed E-state index contributed by atoms with van der Waals surface area (Å²) in [7, 11) is 3.42. The number of likely N-dealkylation sites (N-methyl/N-ethyl adjacent to an activating group) is 1. The maximum atomic E-state index is 14.4. The van der Waals surface area contributed by atoms with Crippen molar-refractivity contribution in [1.82, 2.24) is 15.5 Å². The van der Waals surface area contributed by atoms with Crippen LogP contribution in [0.3, 0.4) is 0 Å². The maximum absolute atomic E-state index is 14.4. The Hall–Kier alpha value is -3.70. The third-order valence-electron chi connectivity index (χ3n) is 20.9. The van der Waals surface area contributed by atoms with Crippen LogP contribution >= 0.6 is 23.4 Å². The van der Waals surface area contributed by atoms with Gasteiger partial charge in [0, 0.05) is 57.8 Å². The number of aliphatic hydroxyl groups excluding tert-OH is 6. The van der Waals surface area contributed by atoms with Crippen molar-refractivity contribution in [2.24, 2.45) is 35.5 Å². The van der Waals surface area contributed by atoms with E-state index in [-0.39, 0.29) is 55.7 Å². The Bertz CT molecular complexity index is 2800. The van der Waals surface area contributed by atoms with Crippen molar-refractivity contribution in [3.05, 3.63) is 24.0 Å². The molecule has 30 heteroatoms. The summed E-state index contributed by atoms with van der Waals surface area (Å²) in [6.45, 7) is 26.8. The number of amides is 3. The minimum atomic E-state index is -1.99. The predicted octanol–water partition coefficient (Wildman–Crippen LogP) is 3.96. The highest BCUT2D eigenvalue weighted by Crippen LogP contribution is 2.42. The lowest BCUT2D eigenvalue weighted by molar-refractivity contribution is -0.317. The van der Waals surface area contributed by atoms with Gasteiger partial charge in [-0.2, -0.15) is 0 Å². The summed E-state index contributed by atoms with van der Waals surface area (Å²) in [4.78, 5) is 68.8. The number of alkyl halides is 1. The number of halogens is 2. The van der Waals surface area contributed by atoms with Crippen LogP contribution in [0, 0.1) is 41.3 Å². The smallest absolute Gasteiger partial charge is 0.416 e. The molecule has 0 spiro atoms. The van der Waals surface area contributed by atoms with Gasteiger partial charge in [0.05, 0.1) is 96.2 Å². The number of methoxy groups -OCH3 is 1. The molecule has 1 aromatic carbocycles. The highest BCUT2D eigenvalue weighted by atomic mass is 35.5. The normalized spacial score (nSPS) is 41.2. The van der Waals surface area contributed by atoms with Gasteiger partial charge >= 0.3 is 12.1 Å². The van der Waals surface area contributed by atoms with Crippen LogP contribution < -0.4 is 20.4 Å². The first-order valence-corrected chi connectivity index (χ1v) is 36.6. The third-order valence-corrected chi connectivity index (χ3v) is 22.0. The van der Waals surface area contributed by atoms with E-state index in [0.717, 1.165) is 25.8 Å². The molecule has 7 saturated heterocycles. The zero-order valence-electron chi connectivity index (χ0n) is 60.7. The Morgan fingerprint density at radius 3 is 2.09 bits per heavy atom. The van der Waals surface area contributed by atoms with Crippen molar-refractivity contribution in [2.75, 3.05) is 69.6 Å². The molecule has 0 aromatic heterocycles. The number of carbonyl (C=O) groups is 5. The Balaban J connectivity index is 0.000000258. The van der Waals surface area contributed by atoms with Crippen molar-refractivity contribution in [2.45, 2.75) is 274 Å². The molecule has 99 heavy (non-hydrogen) atoms. The van der Waals surface area contributed by atoms with Gasteiger partial charge in [-0.3, -0.25) is 29.0 Å². The minimum absolute atomic E-state index is 0.100. The lowest BCUT2D eigenvalue weighted by Crippen LogP contribution is -2.65. The van der Waals surface area contributed by atoms with Crippen LogP contribution in [0.15, 0.2) is 18.2 Å². The van der Waals surface area contributed by atoms with Gasteiger partial charge in [-0.05, 0) is 124 Å². The van der Waals surface area contributed by atoms with Crippen LogP contribution in [0.4, 0.5) is 20.6 Å². The average molecular weight is 1450 g/mol. The maximum Gasteiger partial charge on any atom is 0.416 e. The topological polar surface area (TPSA) is 364 Å². The van der Waals surface area contributed by atoms with Gasteiger partial charge in [0.25, 0.3) is 0 Å². The molecular weight excluding hydrogens is 1340 g/mol. The molecule has 7 aliphatic rings. The molecule has 7 heterocycles. The summed E-state index contributed by atoms with van der Waals surface area (Å²) in [6.07, 6.45) is -10.8. The number of benzene rings is 1. The van der Waals surface area contributed by atoms with Crippen LogP contribution in [-0.2, 0) is 61.8 Å². The number of likely N-dealkylation sites (tertiary alicyclic amines) is 1. The molecule has 568 valence electrons. The highest BCUT2D eigenvalue weighted by Gasteiger charge is 2.55. The van der Waals surface area contributed by atoms with Crippen molar-refractivity contribution in [3.63, 3.8) is 0 Å². The van der Waals surface area contributed by atoms with Crippen LogP contribution in [0.25, 0.3) is 0 Å². The van der Waals surface area contributed by atoms with Gasteiger partial charge < -0.3 is 99.0 Å². The molecule has 0 saturated carbocycles. The number of nitrogens with zero attached hydrogens (tertiary/aromatic N) is 3. The lowest BCUT2D eigenvalue weighted by Gasteiger charge is -2.48. The van der Waals surface area contributed by atoms with E-state index < -0.39 is 167 Å². The molecular formula is C69H115ClFN5O22S. The fraction of sp³-hybridized carbons (Fsp3) is 0.841. The van der Waals surface area contributed by atoms with Gasteiger partial charge in [0.15, 0.2) is 18.8 Å². The Labute approximate surface area is 592 Å². The Morgan fingerprint density at radius 2 is 1.51 bits per heavy atom. The number of ether oxygens (including phenoxy) is 9. The number of rotatable bonds is 16. The summed E-state index contributed by atoms with van der Waals surface area (Å²) < 4.78 is 67.3. The number of carbonyl (C=O) groups excluding carboxylic acids is 5. The Kier molecular flexibility index (Phi) is 30.9. The van der Waals surface area contributed by atoms with E-state index >= 15 is 0 Å². The largest absolute Gasteiger partial charge is 0.459 e. The number of cyclic esters (lactones) is 2. The standard InChI is InChI=1S/C36H64O13.C18H33ClN2O5S.C15H18FN3O4/c1-13-24-36(11,43)29(39)20(5)26(37)18(3)15-34(9,42)31(49-33-27(38)17(2)14-19(4)45-33)21(6)28(22(7)32(41)47-24)48-25-16-35(10,44-12)30(40)23(8)46-25;1-5-6-10-7-11(21(3)8-10)17(25)20-12(9(2)19)16-14(23)13(22)15(24)18(26-16)27-4;1-10(20)17-14-9-19(15(21)23-14)11-2-3-13(12(16)8-11)18-4-6-22-7-5-18/h17-25,27-31,33,38-40,42-43H,13-16H2,1-12H3;9-16,18,22-24H,5-8H2,1-4H3,(H,20,25);2-3,8,14H,4-7,9H2,1H3,(H,17,20)/t17?,18-,19?,20+,21+,22-,23?,24-,25?,27?,28+,29-,30?,31-,33?,34-,35?,36-;9?,10-,11-,12?,13+,14+,15?,16?,18+;14-/m101/s1. The number of Topliss-reactive ketones (excluding diaryl/α,β-unsaturated/α-hetero) is 1. The van der Waals surface area contributed by atoms with Gasteiger partial charge in [-0.15, -0.1) is 23.4 Å². The molecule has 28 atom stereocenters. The average Bonchev–Trinajstić information content (AvgIpc) is 1.30. The van der Waals surface area contributed by atoms with Gasteiger partial charge in [-0.25, -0.2) is 9.18 Å². The number of hydrogen-bond donors (Lipinski definition) is 10. The zero-order chi connectivity index (χ0) is 74.1. The number of ketones is 1. The summed E-state index contributed by atoms with van der Waals surface area (Å²) in [5, 5.41) is 92.6. The number of morpholine rings is 1. The molecule has 7 aliphatic heterocycles. The van der Waals surface area contributed by atoms with E-state index in [1.54, 1.807) is 66.9 Å². The second-order valence-electron chi connectivity index (χ2n) is 29.1. The first-order chi connectivity index (χ1) is 46.3. The molecule has 27 nitrogen and oxygen atoms in total. The molecule has 10 N–H and O–H groups in total. The van der Waals surface area contributed by atoms with Crippen LogP contribution in [-0.4, -0.2) is 267 Å². The van der Waals surface area contributed by atoms with E-state index in [1.165, 1.54) is 57.5 Å². The van der Waals surface area contributed by atoms with Gasteiger partial charge in [-0.1, -0.05) is 48.0 Å². The van der Waals surface area contributed by atoms with Crippen LogP contribution in [0.2, 0.25) is 0 Å². The van der Waals surface area contributed by atoms with E-state index in [2.05, 4.69) is 17.6 Å². The molecule has 3 amide bonds. The second kappa shape index (κ2) is 36.3. The summed E-state index contributed by atoms with van der Waals surface area (Å²) in [6, 6.07) is 3.69. The van der Waals surface area contributed by atoms with Crippen molar-refractivity contribution < 1.29 is 112 Å². The summed E-state index contributed by atoms with van der Waals surface area (Å²) in [5.41, 5.74) is -4.61. The lowest BCUT2D eigenvalue weighted by atomic mass is 9.74. The number of aliphatic hydroxyl groups is 8. The second-order valence-corrected chi connectivity index (χ2v) is 30.7. The first-order valence-electron chi connectivity index (χ1n) is 34.9. The van der Waals surface area contributed by atoms with Gasteiger partial charge in [0.2, 0.25) is 11.8 Å². The van der Waals surface area contributed by atoms with E-state index in [0.29, 0.717) is 50.0 Å². The predicted molar refractivity (Wildman–Crippen MR) is 366 cm³/mol. The molecule has 0 radical (unpaired) electrons. The van der Waals surface area contributed by atoms with Crippen LogP contribution in [0.5, 0.6) is 0 Å². The number of thioether (sulfide) groups is 1. The van der Waals surface area contributed by atoms with E-state index in [1.807, 2.05) is 30.7 Å². The monoisotopic (exact) mass is 1450 g/mol. The SMILES string of the molecule is CC(=O)N[C@H]1CN(c2ccc(N3CCOCC3)c(F)c2)C(=O)O1.CCC[C@H]1C[C@@H](C(=O)NC(C(C)Cl)C2O[C@H](SC)C(O)[C@H](O)[C@H]2O)N(C)C1.CC[C@H]1OC(=O)[C@H](C)[C@@H](OC2CC(C)(OC)C(O)C(C)O2)[C@H](C)[C@@H](OC2OC(C)CC(C)C2O)[C@](C)(O)C[C@@H](C)C(=O)[C@H](C)[C@@H](O)[C@]1(C)O. The number of hydrogen-bond acceptors (Lipinski definition) is 25. The molecule has 12 unspecified atom stereocenters. The molecule has 8 rings (SSSR count). The summed E-state index contributed by atoms with van der Waals surface area (Å²) >= 11 is 7.55. The number of anilines is 2. The highest BCUT2D eigenvalue weighted by molar-refractivity contribution is 7.99. The van der Waals surface area contributed by atoms with Crippen molar-refractivity contribution in [1.29, 1.82) is 0 Å². The fourth-order valence-corrected chi connectivity index (χ4v) is 15.9. The number of esters is 1. The van der Waals surface area contributed by atoms with E-state index in [4.69, 9.17) is 54.2 Å². The van der Waals surface area contributed by atoms with Crippen molar-refractivity contribution in [3.8, 4) is 0 Å². The third kappa shape index (κ3) is 20.6. The number of nitrogens with one attached hydrogen (secondary N) is 2. The molecule has 0 bridgehead atoms. The quantitative estimate of drug-likeness (QED) is 0.0827. The van der Waals surface area contributed by atoms with Crippen LogP contribution in [0.1, 0.15) is 142 Å². The zero-order valence-corrected chi connectivity index (χ0v) is 62.2. The Morgan fingerprint density at radius 1 is 0.848 bits per heavy atom. The molecule has 7 fully saturated rings. The van der Waals surface area contributed by atoms with Gasteiger partial charge in [0.1, 0.15) is 65.4 Å². The first kappa shape index (κ1) is 84.2. The van der Waals surface area contributed by atoms with E-state index in [9.17, 15) is 69.2 Å². The minimum Gasteiger partial charge on any atom is -0.459 e. The molecule has 0 aliphatic carbocycles. The summed E-state index contributed by atoms with van der Waals surface area (Å²) in [5.74, 6) is -5.43. The fourth-order valence-electron chi connectivity index (χ4n) is 15.0. The molecule has 1 aromatic rings. The van der Waals surface area contributed by atoms with Crippen molar-refractivity contribution >= 4 is 64.4 Å².